The highest BCUT2D eigenvalue weighted by molar-refractivity contribution is 8.13. The van der Waals surface area contributed by atoms with Crippen LogP contribution < -0.4 is 5.32 Å². The summed E-state index contributed by atoms with van der Waals surface area (Å²) in [6.45, 7) is 1.02. The fourth-order valence-electron chi connectivity index (χ4n) is 2.07. The number of aromatic nitrogens is 2. The van der Waals surface area contributed by atoms with Crippen LogP contribution in [-0.2, 0) is 6.54 Å². The third kappa shape index (κ3) is 3.06. The van der Waals surface area contributed by atoms with Crippen LogP contribution in [0.15, 0.2) is 40.6 Å². The molecule has 0 fully saturated rings. The van der Waals surface area contributed by atoms with E-state index in [2.05, 4.69) is 26.1 Å². The molecule has 0 saturated heterocycles. The first-order valence-electron chi connectivity index (χ1n) is 6.38. The van der Waals surface area contributed by atoms with E-state index < -0.39 is 0 Å². The average molecular weight is 315 g/mol. The van der Waals surface area contributed by atoms with Crippen molar-refractivity contribution in [2.75, 3.05) is 12.0 Å². The van der Waals surface area contributed by atoms with Crippen LogP contribution in [0.1, 0.15) is 0 Å². The largest absolute Gasteiger partial charge is 0.325 e. The Morgan fingerprint density at radius 1 is 1.57 bits per heavy atom. The molecule has 106 valence electrons. The van der Waals surface area contributed by atoms with Crippen molar-refractivity contribution in [2.45, 2.75) is 11.7 Å². The van der Waals surface area contributed by atoms with Crippen molar-refractivity contribution in [2.24, 2.45) is 4.99 Å². The number of fused-ring (bicyclic) bond motifs is 1. The summed E-state index contributed by atoms with van der Waals surface area (Å²) in [5, 5.41) is 12.9. The number of hydrogen-bond acceptors (Lipinski definition) is 5. The van der Waals surface area contributed by atoms with E-state index in [0.29, 0.717) is 5.17 Å². The number of hydrogen-bond donors (Lipinski definition) is 1. The van der Waals surface area contributed by atoms with Gasteiger partial charge in [-0.15, -0.1) is 0 Å². The van der Waals surface area contributed by atoms with Gasteiger partial charge in [0.15, 0.2) is 16.5 Å². The molecular formula is C14H13N5S2. The lowest BCUT2D eigenvalue weighted by Gasteiger charge is -2.02. The fourth-order valence-corrected chi connectivity index (χ4v) is 3.36. The zero-order valence-corrected chi connectivity index (χ0v) is 13.0. The maximum absolute atomic E-state index is 8.67. The molecule has 0 amide bonds. The fraction of sp³-hybridized carbons (Fsp3) is 0.214. The minimum Gasteiger partial charge on any atom is -0.325 e. The number of nitrogens with one attached hydrogen (secondary N) is 1. The number of rotatable bonds is 2. The zero-order chi connectivity index (χ0) is 14.7. The second kappa shape index (κ2) is 6.24. The van der Waals surface area contributed by atoms with E-state index in [0.717, 1.165) is 34.4 Å². The van der Waals surface area contributed by atoms with Gasteiger partial charge in [-0.05, 0) is 18.4 Å². The Morgan fingerprint density at radius 2 is 2.48 bits per heavy atom. The minimum absolute atomic E-state index is 0.581. The first kappa shape index (κ1) is 14.0. The molecule has 2 heterocycles. The summed E-state index contributed by atoms with van der Waals surface area (Å²) >= 11 is 3.19. The van der Waals surface area contributed by atoms with Crippen molar-refractivity contribution in [1.29, 1.82) is 5.26 Å². The van der Waals surface area contributed by atoms with E-state index in [1.165, 1.54) is 11.8 Å². The van der Waals surface area contributed by atoms with Gasteiger partial charge in [-0.2, -0.15) is 5.26 Å². The second-order valence-electron chi connectivity index (χ2n) is 4.36. The lowest BCUT2D eigenvalue weighted by molar-refractivity contribution is 0.719. The summed E-state index contributed by atoms with van der Waals surface area (Å²) in [5.41, 5.74) is 2.81. The molecule has 21 heavy (non-hydrogen) atoms. The average Bonchev–Trinajstić information content (AvgIpc) is 3.08. The number of aliphatic imine (C=N–C) groups is 1. The van der Waals surface area contributed by atoms with Crippen LogP contribution in [0, 0.1) is 11.5 Å². The minimum atomic E-state index is 0.581. The highest BCUT2D eigenvalue weighted by Crippen LogP contribution is 2.30. The van der Waals surface area contributed by atoms with Crippen LogP contribution in [0.5, 0.6) is 0 Å². The smallest absolute Gasteiger partial charge is 0.183 e. The molecule has 0 saturated carbocycles. The van der Waals surface area contributed by atoms with Gasteiger partial charge in [0.05, 0.1) is 11.4 Å². The van der Waals surface area contributed by atoms with E-state index in [1.54, 1.807) is 11.8 Å². The molecule has 0 unspecified atom stereocenters. The maximum Gasteiger partial charge on any atom is 0.183 e. The van der Waals surface area contributed by atoms with Crippen LogP contribution in [0.3, 0.4) is 0 Å². The number of amidine groups is 1. The number of nitriles is 1. The van der Waals surface area contributed by atoms with Gasteiger partial charge in [0.25, 0.3) is 0 Å². The van der Waals surface area contributed by atoms with Crippen LogP contribution in [0.2, 0.25) is 0 Å². The number of benzene rings is 1. The Hall–Kier alpha value is -1.91. The van der Waals surface area contributed by atoms with Gasteiger partial charge in [0.1, 0.15) is 0 Å². The van der Waals surface area contributed by atoms with Crippen LogP contribution in [0.4, 0.5) is 5.69 Å². The molecule has 0 bridgehead atoms. The molecule has 1 aromatic heterocycles. The molecule has 1 N–H and O–H groups in total. The quantitative estimate of drug-likeness (QED) is 0.399. The molecule has 2 aromatic rings. The normalized spacial score (nSPS) is 13.8. The van der Waals surface area contributed by atoms with Crippen molar-refractivity contribution in [3.8, 4) is 17.5 Å². The summed E-state index contributed by atoms with van der Waals surface area (Å²) in [6.07, 6.45) is 5.85. The predicted octanol–water partition coefficient (Wildman–Crippen LogP) is 3.08. The van der Waals surface area contributed by atoms with Crippen molar-refractivity contribution in [3.05, 3.63) is 30.5 Å². The van der Waals surface area contributed by atoms with Crippen molar-refractivity contribution < 1.29 is 0 Å². The Kier molecular flexibility index (Phi) is 4.18. The zero-order valence-electron chi connectivity index (χ0n) is 11.4. The summed E-state index contributed by atoms with van der Waals surface area (Å²) in [4.78, 5) is 9.06. The topological polar surface area (TPSA) is 66.0 Å². The van der Waals surface area contributed by atoms with Gasteiger partial charge in [-0.1, -0.05) is 35.7 Å². The molecule has 1 aromatic carbocycles. The Bertz CT molecular complexity index is 708. The monoisotopic (exact) mass is 315 g/mol. The lowest BCUT2D eigenvalue weighted by atomic mass is 10.1. The van der Waals surface area contributed by atoms with Crippen molar-refractivity contribution >= 4 is 34.4 Å². The Labute approximate surface area is 131 Å². The van der Waals surface area contributed by atoms with Gasteiger partial charge in [0, 0.05) is 24.1 Å². The van der Waals surface area contributed by atoms with Gasteiger partial charge in [-0.25, -0.2) is 9.98 Å². The standard InChI is InChI=1S/C14H13N5S2/c1-20-13(16-9-15)17-11-4-2-3-10(7-11)12-8-19-5-6-21-14(19)18-12/h2-4,7-8H,5-6H2,1H3,(H,16,17). The van der Waals surface area contributed by atoms with E-state index in [9.17, 15) is 0 Å². The number of nitrogens with zero attached hydrogens (tertiary/aromatic N) is 4. The first-order chi connectivity index (χ1) is 10.3. The van der Waals surface area contributed by atoms with Crippen molar-refractivity contribution in [3.63, 3.8) is 0 Å². The van der Waals surface area contributed by atoms with E-state index in [4.69, 9.17) is 5.26 Å². The third-order valence-corrected chi connectivity index (χ3v) is 4.58. The molecule has 3 rings (SSSR count). The SMILES string of the molecule is CSC(=Nc1cccc(-c2cn3c(n2)SCC3)c1)NC#N. The predicted molar refractivity (Wildman–Crippen MR) is 87.7 cm³/mol. The van der Waals surface area contributed by atoms with Gasteiger partial charge in [0.2, 0.25) is 0 Å². The summed E-state index contributed by atoms with van der Waals surface area (Å²) in [6, 6.07) is 7.88. The molecular weight excluding hydrogens is 302 g/mol. The molecule has 0 atom stereocenters. The van der Waals surface area contributed by atoms with Gasteiger partial charge in [-0.3, -0.25) is 5.32 Å². The summed E-state index contributed by atoms with van der Waals surface area (Å²) in [7, 11) is 0. The molecule has 5 nitrogen and oxygen atoms in total. The molecule has 1 aliphatic rings. The number of thioether (sulfide) groups is 2. The third-order valence-electron chi connectivity index (χ3n) is 3.03. The summed E-state index contributed by atoms with van der Waals surface area (Å²) < 4.78 is 2.18. The van der Waals surface area contributed by atoms with Crippen LogP contribution in [-0.4, -0.2) is 26.7 Å². The highest BCUT2D eigenvalue weighted by atomic mass is 32.2. The molecule has 0 radical (unpaired) electrons. The van der Waals surface area contributed by atoms with Gasteiger partial charge < -0.3 is 4.57 Å². The maximum atomic E-state index is 8.67. The lowest BCUT2D eigenvalue weighted by Crippen LogP contribution is -2.12. The first-order valence-corrected chi connectivity index (χ1v) is 8.59. The Morgan fingerprint density at radius 3 is 3.24 bits per heavy atom. The molecule has 0 spiro atoms. The number of aryl methyl sites for hydroxylation is 1. The van der Waals surface area contributed by atoms with E-state index in [-0.39, 0.29) is 0 Å². The summed E-state index contributed by atoms with van der Waals surface area (Å²) in [5.74, 6) is 1.10. The van der Waals surface area contributed by atoms with Crippen LogP contribution in [0.25, 0.3) is 11.3 Å². The molecule has 1 aliphatic heterocycles. The van der Waals surface area contributed by atoms with E-state index in [1.807, 2.05) is 36.7 Å². The van der Waals surface area contributed by atoms with Gasteiger partial charge >= 0.3 is 0 Å². The number of imidazole rings is 1. The van der Waals surface area contributed by atoms with E-state index >= 15 is 0 Å². The Balaban J connectivity index is 1.91. The molecule has 0 aliphatic carbocycles. The second-order valence-corrected chi connectivity index (χ2v) is 6.22. The van der Waals surface area contributed by atoms with Crippen molar-refractivity contribution in [1.82, 2.24) is 14.9 Å². The van der Waals surface area contributed by atoms with Crippen LogP contribution >= 0.6 is 23.5 Å². The molecule has 7 heteroatoms. The highest BCUT2D eigenvalue weighted by Gasteiger charge is 2.15.